The monoisotopic (exact) mass is 234 g/mol. The van der Waals surface area contributed by atoms with Crippen molar-refractivity contribution in [3.63, 3.8) is 0 Å². The Labute approximate surface area is 98.8 Å². The van der Waals surface area contributed by atoms with Crippen molar-refractivity contribution in [2.24, 2.45) is 5.73 Å². The highest BCUT2D eigenvalue weighted by Gasteiger charge is 2.19. The normalized spacial score (nSPS) is 14.2. The second-order valence-electron chi connectivity index (χ2n) is 4.14. The maximum atomic E-state index is 10.9. The van der Waals surface area contributed by atoms with Crippen molar-refractivity contribution in [3.8, 4) is 0 Å². The molecule has 2 rings (SSSR count). The lowest BCUT2D eigenvalue weighted by Crippen LogP contribution is -2.37. The fourth-order valence-corrected chi connectivity index (χ4v) is 2.16. The molecule has 90 valence electrons. The van der Waals surface area contributed by atoms with E-state index in [1.807, 2.05) is 4.90 Å². The summed E-state index contributed by atoms with van der Waals surface area (Å²) in [4.78, 5) is 23.7. The quantitative estimate of drug-likeness (QED) is 0.803. The third kappa shape index (κ3) is 2.38. The van der Waals surface area contributed by atoms with Crippen molar-refractivity contribution >= 4 is 17.6 Å². The van der Waals surface area contributed by atoms with E-state index >= 15 is 0 Å². The number of hydrogen-bond acceptors (Lipinski definition) is 3. The first-order chi connectivity index (χ1) is 8.08. The van der Waals surface area contributed by atoms with Gasteiger partial charge in [-0.05, 0) is 36.6 Å². The third-order valence-electron chi connectivity index (χ3n) is 2.89. The van der Waals surface area contributed by atoms with Gasteiger partial charge in [0.25, 0.3) is 0 Å². The van der Waals surface area contributed by atoms with Crippen LogP contribution in [0.2, 0.25) is 0 Å². The Balaban J connectivity index is 2.33. The second-order valence-corrected chi connectivity index (χ2v) is 4.14. The molecule has 0 spiro atoms. The summed E-state index contributed by atoms with van der Waals surface area (Å²) < 4.78 is 0. The van der Waals surface area contributed by atoms with Crippen molar-refractivity contribution in [3.05, 3.63) is 29.3 Å². The number of amides is 1. The van der Waals surface area contributed by atoms with Crippen LogP contribution >= 0.6 is 0 Å². The molecule has 3 N–H and O–H groups in total. The van der Waals surface area contributed by atoms with E-state index in [-0.39, 0.29) is 18.0 Å². The predicted molar refractivity (Wildman–Crippen MR) is 63.1 cm³/mol. The number of primary amides is 1. The van der Waals surface area contributed by atoms with Crippen LogP contribution in [0.5, 0.6) is 0 Å². The SMILES string of the molecule is NC(=O)CN1CCCc2cc(C(=O)O)ccc21. The minimum atomic E-state index is -0.931. The number of rotatable bonds is 3. The van der Waals surface area contributed by atoms with Crippen molar-refractivity contribution in [2.45, 2.75) is 12.8 Å². The summed E-state index contributed by atoms with van der Waals surface area (Å²) in [5.41, 5.74) is 7.35. The summed E-state index contributed by atoms with van der Waals surface area (Å²) in [6, 6.07) is 4.98. The zero-order valence-corrected chi connectivity index (χ0v) is 9.35. The average Bonchev–Trinajstić information content (AvgIpc) is 2.28. The molecule has 1 aliphatic rings. The van der Waals surface area contributed by atoms with Crippen molar-refractivity contribution in [1.82, 2.24) is 0 Å². The summed E-state index contributed by atoms with van der Waals surface area (Å²) in [7, 11) is 0. The number of carbonyl (C=O) groups is 2. The number of aromatic carboxylic acids is 1. The number of aryl methyl sites for hydroxylation is 1. The Hall–Kier alpha value is -2.04. The van der Waals surface area contributed by atoms with Gasteiger partial charge in [0.05, 0.1) is 12.1 Å². The highest BCUT2D eigenvalue weighted by atomic mass is 16.4. The Morgan fingerprint density at radius 1 is 1.41 bits per heavy atom. The first-order valence-electron chi connectivity index (χ1n) is 5.47. The van der Waals surface area contributed by atoms with E-state index < -0.39 is 5.97 Å². The molecule has 1 heterocycles. The first kappa shape index (κ1) is 11.4. The Morgan fingerprint density at radius 2 is 2.18 bits per heavy atom. The topological polar surface area (TPSA) is 83.6 Å². The predicted octanol–water partition coefficient (Wildman–Crippen LogP) is 0.623. The van der Waals surface area contributed by atoms with Gasteiger partial charge in [-0.25, -0.2) is 4.79 Å². The molecule has 1 aliphatic heterocycles. The van der Waals surface area contributed by atoms with E-state index in [2.05, 4.69) is 0 Å². The maximum absolute atomic E-state index is 10.9. The lowest BCUT2D eigenvalue weighted by molar-refractivity contribution is -0.116. The van der Waals surface area contributed by atoms with Gasteiger partial charge in [0.15, 0.2) is 0 Å². The number of nitrogens with zero attached hydrogens (tertiary/aromatic N) is 1. The van der Waals surface area contributed by atoms with Crippen LogP contribution in [-0.2, 0) is 11.2 Å². The van der Waals surface area contributed by atoms with Crippen LogP contribution in [0.1, 0.15) is 22.3 Å². The molecule has 0 bridgehead atoms. The molecule has 0 fully saturated rings. The molecule has 0 aromatic heterocycles. The molecular weight excluding hydrogens is 220 g/mol. The molecule has 5 heteroatoms. The molecule has 5 nitrogen and oxygen atoms in total. The minimum Gasteiger partial charge on any atom is -0.478 e. The number of hydrogen-bond donors (Lipinski definition) is 2. The molecule has 1 aromatic carbocycles. The van der Waals surface area contributed by atoms with Gasteiger partial charge in [0.2, 0.25) is 5.91 Å². The highest BCUT2D eigenvalue weighted by Crippen LogP contribution is 2.27. The van der Waals surface area contributed by atoms with E-state index in [0.717, 1.165) is 30.6 Å². The fourth-order valence-electron chi connectivity index (χ4n) is 2.16. The second kappa shape index (κ2) is 4.45. The number of carboxylic acid groups (broad SMARTS) is 1. The van der Waals surface area contributed by atoms with E-state index in [1.165, 1.54) is 0 Å². The molecule has 17 heavy (non-hydrogen) atoms. The first-order valence-corrected chi connectivity index (χ1v) is 5.47. The van der Waals surface area contributed by atoms with Crippen molar-refractivity contribution < 1.29 is 14.7 Å². The van der Waals surface area contributed by atoms with E-state index in [0.29, 0.717) is 0 Å². The summed E-state index contributed by atoms with van der Waals surface area (Å²) in [6.45, 7) is 0.960. The summed E-state index contributed by atoms with van der Waals surface area (Å²) >= 11 is 0. The molecular formula is C12H14N2O3. The molecule has 0 radical (unpaired) electrons. The van der Waals surface area contributed by atoms with Crippen molar-refractivity contribution in [2.75, 3.05) is 18.0 Å². The highest BCUT2D eigenvalue weighted by molar-refractivity contribution is 5.89. The largest absolute Gasteiger partial charge is 0.478 e. The Morgan fingerprint density at radius 3 is 2.82 bits per heavy atom. The van der Waals surface area contributed by atoms with Crippen LogP contribution in [-0.4, -0.2) is 30.1 Å². The molecule has 1 aromatic rings. The van der Waals surface area contributed by atoms with Crippen LogP contribution in [0.15, 0.2) is 18.2 Å². The summed E-state index contributed by atoms with van der Waals surface area (Å²) in [6.07, 6.45) is 1.75. The van der Waals surface area contributed by atoms with Gasteiger partial charge in [-0.3, -0.25) is 4.79 Å². The van der Waals surface area contributed by atoms with E-state index in [1.54, 1.807) is 18.2 Å². The average molecular weight is 234 g/mol. The maximum Gasteiger partial charge on any atom is 0.335 e. The van der Waals surface area contributed by atoms with Gasteiger partial charge in [-0.1, -0.05) is 0 Å². The van der Waals surface area contributed by atoms with Gasteiger partial charge >= 0.3 is 5.97 Å². The minimum absolute atomic E-state index is 0.180. The summed E-state index contributed by atoms with van der Waals surface area (Å²) in [5, 5.41) is 8.91. The van der Waals surface area contributed by atoms with E-state index in [4.69, 9.17) is 10.8 Å². The van der Waals surface area contributed by atoms with Crippen LogP contribution in [0.25, 0.3) is 0 Å². The number of benzene rings is 1. The molecule has 1 amide bonds. The van der Waals surface area contributed by atoms with E-state index in [9.17, 15) is 9.59 Å². The number of anilines is 1. The fraction of sp³-hybridized carbons (Fsp3) is 0.333. The Bertz CT molecular complexity index is 471. The third-order valence-corrected chi connectivity index (χ3v) is 2.89. The van der Waals surface area contributed by atoms with Crippen molar-refractivity contribution in [1.29, 1.82) is 0 Å². The van der Waals surface area contributed by atoms with Gasteiger partial charge in [0.1, 0.15) is 0 Å². The van der Waals surface area contributed by atoms with Crippen LogP contribution in [0.3, 0.4) is 0 Å². The molecule has 0 aliphatic carbocycles. The van der Waals surface area contributed by atoms with Crippen LogP contribution in [0.4, 0.5) is 5.69 Å². The lowest BCUT2D eigenvalue weighted by Gasteiger charge is -2.30. The molecule has 0 unspecified atom stereocenters. The number of fused-ring (bicyclic) bond motifs is 1. The lowest BCUT2D eigenvalue weighted by atomic mass is 9.99. The van der Waals surface area contributed by atoms with Gasteiger partial charge in [0, 0.05) is 12.2 Å². The zero-order valence-electron chi connectivity index (χ0n) is 9.35. The number of carboxylic acids is 1. The number of carbonyl (C=O) groups excluding carboxylic acids is 1. The number of nitrogens with two attached hydrogens (primary N) is 1. The summed E-state index contributed by atoms with van der Waals surface area (Å²) in [5.74, 6) is -1.31. The van der Waals surface area contributed by atoms with Gasteiger partial charge < -0.3 is 15.7 Å². The van der Waals surface area contributed by atoms with Gasteiger partial charge in [-0.2, -0.15) is 0 Å². The molecule has 0 saturated heterocycles. The Kier molecular flexibility index (Phi) is 2.99. The molecule has 0 saturated carbocycles. The van der Waals surface area contributed by atoms with Crippen LogP contribution < -0.4 is 10.6 Å². The standard InChI is InChI=1S/C12H14N2O3/c13-11(15)7-14-5-1-2-8-6-9(12(16)17)3-4-10(8)14/h3-4,6H,1-2,5,7H2,(H2,13,15)(H,16,17). The van der Waals surface area contributed by atoms with Crippen LogP contribution in [0, 0.1) is 0 Å². The molecule has 0 atom stereocenters. The zero-order chi connectivity index (χ0) is 12.4. The van der Waals surface area contributed by atoms with Gasteiger partial charge in [-0.15, -0.1) is 0 Å². The smallest absolute Gasteiger partial charge is 0.335 e.